The molecule has 1 atom stereocenters. The molecule has 1 unspecified atom stereocenters. The van der Waals surface area contributed by atoms with Crippen molar-refractivity contribution in [3.63, 3.8) is 0 Å². The van der Waals surface area contributed by atoms with Gasteiger partial charge in [0.2, 0.25) is 11.8 Å². The van der Waals surface area contributed by atoms with E-state index in [1.54, 1.807) is 85.0 Å². The van der Waals surface area contributed by atoms with Crippen LogP contribution in [0.5, 0.6) is 0 Å². The second kappa shape index (κ2) is 15.7. The van der Waals surface area contributed by atoms with Crippen LogP contribution in [0, 0.1) is 5.82 Å². The van der Waals surface area contributed by atoms with Gasteiger partial charge in [-0.3, -0.25) is 9.59 Å². The molecule has 302 valence electrons. The van der Waals surface area contributed by atoms with E-state index in [2.05, 4.69) is 15.6 Å². The SMILES string of the molecule is CN1Cc2cc(ccc2S(=O)(=O)C2CC2)NC(=O)COCc2cccc(c2)C(Nc2ccc3c(N(C(=O)OC(C)(C)C)C(=O)OC(C)(C)C)ncc(F)c3c2)C1=O. The number of nitrogens with one attached hydrogen (secondary N) is 2. The first-order valence-electron chi connectivity index (χ1n) is 18.4. The number of carbonyl (C=O) groups is 4. The Labute approximate surface area is 330 Å². The number of hydrogen-bond donors (Lipinski definition) is 2. The number of likely N-dealkylation sites (N-methyl/N-ethyl adjacent to an activating group) is 1. The average molecular weight is 804 g/mol. The minimum absolute atomic E-state index is 0.0360. The van der Waals surface area contributed by atoms with Crippen LogP contribution < -0.4 is 15.5 Å². The molecule has 0 saturated heterocycles. The van der Waals surface area contributed by atoms with Gasteiger partial charge in [-0.1, -0.05) is 24.3 Å². The van der Waals surface area contributed by atoms with E-state index in [0.717, 1.165) is 6.20 Å². The molecule has 1 aliphatic carbocycles. The number of fused-ring (bicyclic) bond motifs is 5. The van der Waals surface area contributed by atoms with Gasteiger partial charge < -0.3 is 29.7 Å². The van der Waals surface area contributed by atoms with E-state index in [1.165, 1.54) is 29.2 Å². The molecule has 4 aromatic rings. The predicted octanol–water partition coefficient (Wildman–Crippen LogP) is 7.27. The average Bonchev–Trinajstić information content (AvgIpc) is 3.97. The van der Waals surface area contributed by atoms with Gasteiger partial charge in [0.15, 0.2) is 15.7 Å². The first-order chi connectivity index (χ1) is 26.7. The zero-order valence-electron chi connectivity index (χ0n) is 32.8. The number of imide groups is 1. The summed E-state index contributed by atoms with van der Waals surface area (Å²) in [6.45, 7) is 9.43. The van der Waals surface area contributed by atoms with Crippen molar-refractivity contribution < 1.29 is 46.2 Å². The van der Waals surface area contributed by atoms with Crippen LogP contribution in [0.15, 0.2) is 71.8 Å². The molecule has 1 saturated carbocycles. The Morgan fingerprint density at radius 2 is 1.61 bits per heavy atom. The summed E-state index contributed by atoms with van der Waals surface area (Å²) in [5, 5.41) is 5.50. The van der Waals surface area contributed by atoms with Gasteiger partial charge in [-0.15, -0.1) is 0 Å². The molecule has 0 radical (unpaired) electrons. The summed E-state index contributed by atoms with van der Waals surface area (Å²) in [6.07, 6.45) is -0.203. The van der Waals surface area contributed by atoms with E-state index in [9.17, 15) is 27.6 Å². The van der Waals surface area contributed by atoms with Gasteiger partial charge >= 0.3 is 12.2 Å². The first-order valence-corrected chi connectivity index (χ1v) is 19.9. The number of ether oxygens (including phenoxy) is 3. The Hall–Kier alpha value is -5.61. The van der Waals surface area contributed by atoms with Crippen molar-refractivity contribution in [2.24, 2.45) is 0 Å². The van der Waals surface area contributed by atoms with Crippen LogP contribution in [-0.4, -0.2) is 72.4 Å². The van der Waals surface area contributed by atoms with Crippen LogP contribution in [0.4, 0.5) is 31.2 Å². The number of amides is 4. The number of hydrogen-bond acceptors (Lipinski definition) is 11. The van der Waals surface area contributed by atoms with Gasteiger partial charge in [-0.25, -0.2) is 27.4 Å². The Balaban J connectivity index is 1.40. The van der Waals surface area contributed by atoms with Crippen LogP contribution in [0.2, 0.25) is 0 Å². The Morgan fingerprint density at radius 3 is 2.26 bits per heavy atom. The highest BCUT2D eigenvalue weighted by Gasteiger charge is 2.39. The third kappa shape index (κ3) is 9.68. The lowest BCUT2D eigenvalue weighted by molar-refractivity contribution is -0.131. The van der Waals surface area contributed by atoms with Crippen LogP contribution in [0.25, 0.3) is 10.8 Å². The molecule has 1 aromatic heterocycles. The van der Waals surface area contributed by atoms with Gasteiger partial charge in [-0.05, 0) is 107 Å². The zero-order valence-corrected chi connectivity index (χ0v) is 33.7. The fraction of sp³-hybridized carbons (Fsp3) is 0.390. The van der Waals surface area contributed by atoms with E-state index in [0.29, 0.717) is 45.8 Å². The minimum Gasteiger partial charge on any atom is -0.443 e. The van der Waals surface area contributed by atoms with Gasteiger partial charge in [0, 0.05) is 35.7 Å². The Bertz CT molecular complexity index is 2320. The topological polar surface area (TPSA) is 174 Å². The van der Waals surface area contributed by atoms with Crippen molar-refractivity contribution in [2.45, 2.75) is 94.9 Å². The van der Waals surface area contributed by atoms with Crippen molar-refractivity contribution in [1.82, 2.24) is 9.88 Å². The van der Waals surface area contributed by atoms with Gasteiger partial charge in [0.1, 0.15) is 29.7 Å². The summed E-state index contributed by atoms with van der Waals surface area (Å²) in [5.74, 6) is -1.89. The quantitative estimate of drug-likeness (QED) is 0.208. The molecule has 1 aliphatic heterocycles. The first kappa shape index (κ1) is 41.0. The number of benzene rings is 3. The molecule has 4 bridgehead atoms. The number of anilines is 3. The highest BCUT2D eigenvalue weighted by atomic mass is 32.2. The summed E-state index contributed by atoms with van der Waals surface area (Å²) in [7, 11) is -2.15. The summed E-state index contributed by atoms with van der Waals surface area (Å²) >= 11 is 0. The largest absolute Gasteiger partial charge is 0.443 e. The Kier molecular flexibility index (Phi) is 11.3. The van der Waals surface area contributed by atoms with E-state index < -0.39 is 62.1 Å². The number of nitrogens with zero attached hydrogens (tertiary/aromatic N) is 3. The van der Waals surface area contributed by atoms with E-state index in [-0.39, 0.29) is 41.2 Å². The molecular formula is C41H46FN5O9S. The molecular weight excluding hydrogens is 758 g/mol. The number of carbonyl (C=O) groups excluding carboxylic acids is 4. The molecule has 6 rings (SSSR count). The molecule has 16 heteroatoms. The molecule has 2 heterocycles. The molecule has 4 amide bonds. The van der Waals surface area contributed by atoms with Gasteiger partial charge in [0.25, 0.3) is 0 Å². The van der Waals surface area contributed by atoms with Crippen LogP contribution in [0.1, 0.15) is 77.1 Å². The second-order valence-electron chi connectivity index (χ2n) is 16.1. The predicted molar refractivity (Wildman–Crippen MR) is 211 cm³/mol. The zero-order chi connectivity index (χ0) is 41.4. The minimum atomic E-state index is -3.69. The van der Waals surface area contributed by atoms with Crippen molar-refractivity contribution in [2.75, 3.05) is 29.2 Å². The fourth-order valence-electron chi connectivity index (χ4n) is 6.27. The fourth-order valence-corrected chi connectivity index (χ4v) is 8.13. The highest BCUT2D eigenvalue weighted by Crippen LogP contribution is 2.37. The van der Waals surface area contributed by atoms with E-state index >= 15 is 4.39 Å². The maximum absolute atomic E-state index is 15.7. The number of aromatic nitrogens is 1. The second-order valence-corrected chi connectivity index (χ2v) is 18.3. The molecule has 2 N–H and O–H groups in total. The van der Waals surface area contributed by atoms with Crippen molar-refractivity contribution in [1.29, 1.82) is 0 Å². The summed E-state index contributed by atoms with van der Waals surface area (Å²) in [4.78, 5) is 60.4. The monoisotopic (exact) mass is 803 g/mol. The highest BCUT2D eigenvalue weighted by molar-refractivity contribution is 7.92. The molecule has 14 nitrogen and oxygen atoms in total. The van der Waals surface area contributed by atoms with E-state index in [4.69, 9.17) is 14.2 Å². The number of pyridine rings is 1. The smallest absolute Gasteiger partial charge is 0.425 e. The van der Waals surface area contributed by atoms with Crippen molar-refractivity contribution in [3.8, 4) is 0 Å². The Morgan fingerprint density at radius 1 is 0.930 bits per heavy atom. The summed E-state index contributed by atoms with van der Waals surface area (Å²) in [5.41, 5.74) is 0.143. The van der Waals surface area contributed by atoms with Crippen LogP contribution >= 0.6 is 0 Å². The lowest BCUT2D eigenvalue weighted by Gasteiger charge is -2.29. The molecule has 57 heavy (non-hydrogen) atoms. The lowest BCUT2D eigenvalue weighted by atomic mass is 10.0. The standard InChI is InChI=1S/C41H46FN5O9S/c1-40(2,3)55-38(50)47(39(51)56-41(4,5)6)36-30-15-11-28(19-31(30)32(42)20-43-36)45-35-25-10-8-9-24(17-25)22-54-23-34(48)44-27-12-16-33(57(52,53)29-13-14-29)26(18-27)21-46(7)37(35)49/h8-12,15-20,29,35,45H,13-14,21-23H2,1-7H3,(H,44,48). The molecule has 2 aliphatic rings. The number of halogens is 1. The maximum Gasteiger partial charge on any atom is 0.425 e. The van der Waals surface area contributed by atoms with Gasteiger partial charge in [0.05, 0.1) is 22.9 Å². The number of rotatable bonds is 5. The van der Waals surface area contributed by atoms with E-state index in [1.807, 2.05) is 0 Å². The summed E-state index contributed by atoms with van der Waals surface area (Å²) < 4.78 is 59.4. The third-order valence-corrected chi connectivity index (χ3v) is 11.3. The van der Waals surface area contributed by atoms with Crippen LogP contribution in [-0.2, 0) is 46.8 Å². The maximum atomic E-state index is 15.7. The van der Waals surface area contributed by atoms with Gasteiger partial charge in [-0.2, -0.15) is 4.90 Å². The molecule has 3 aromatic carbocycles. The third-order valence-electron chi connectivity index (χ3n) is 8.92. The van der Waals surface area contributed by atoms with Crippen molar-refractivity contribution in [3.05, 3.63) is 89.4 Å². The normalized spacial score (nSPS) is 16.9. The van der Waals surface area contributed by atoms with Crippen LogP contribution in [0.3, 0.4) is 0 Å². The molecule has 1 fully saturated rings. The summed E-state index contributed by atoms with van der Waals surface area (Å²) in [6, 6.07) is 14.8. The number of sulfone groups is 1. The lowest BCUT2D eigenvalue weighted by Crippen LogP contribution is -2.44. The van der Waals surface area contributed by atoms with Crippen molar-refractivity contribution >= 4 is 61.8 Å². The molecule has 0 spiro atoms.